The molecule has 1 fully saturated rings. The highest BCUT2D eigenvalue weighted by molar-refractivity contribution is 5.99. The molecule has 0 saturated carbocycles. The summed E-state index contributed by atoms with van der Waals surface area (Å²) in [4.78, 5) is 12.0. The van der Waals surface area contributed by atoms with E-state index in [0.29, 0.717) is 11.5 Å². The molecule has 1 saturated heterocycles. The second-order valence-electron chi connectivity index (χ2n) is 7.12. The monoisotopic (exact) mass is 370 g/mol. The molecule has 4 aromatic rings. The minimum atomic E-state index is 0.560. The first-order chi connectivity index (χ1) is 13.8. The number of nitrogens with zero attached hydrogens (tertiary/aromatic N) is 5. The third-order valence-electron chi connectivity index (χ3n) is 5.24. The van der Waals surface area contributed by atoms with Crippen molar-refractivity contribution in [3.63, 3.8) is 0 Å². The highest BCUT2D eigenvalue weighted by Gasteiger charge is 2.22. The number of hydrogen-bond acceptors (Lipinski definition) is 5. The summed E-state index contributed by atoms with van der Waals surface area (Å²) in [5.41, 5.74) is 9.95. The maximum atomic E-state index is 6.54. The normalized spacial score (nSPS) is 14.5. The maximum Gasteiger partial charge on any atom is 0.228 e. The first-order valence-corrected chi connectivity index (χ1v) is 9.73. The molecule has 140 valence electrons. The Kier molecular flexibility index (Phi) is 4.16. The number of para-hydroxylation sites is 1. The SMILES string of the molecule is Nc1c2c(-c3ccccc3)nc(N3CCCCC3)nc2nn1-c1ccccc1. The van der Waals surface area contributed by atoms with E-state index >= 15 is 0 Å². The molecule has 2 N–H and O–H groups in total. The molecule has 6 heteroatoms. The van der Waals surface area contributed by atoms with Gasteiger partial charge in [0.2, 0.25) is 5.95 Å². The first kappa shape index (κ1) is 16.7. The van der Waals surface area contributed by atoms with Crippen molar-refractivity contribution in [3.05, 3.63) is 60.7 Å². The van der Waals surface area contributed by atoms with E-state index in [0.717, 1.165) is 41.4 Å². The number of nitrogens with two attached hydrogens (primary N) is 1. The summed E-state index contributed by atoms with van der Waals surface area (Å²) >= 11 is 0. The van der Waals surface area contributed by atoms with Crippen LogP contribution in [0.1, 0.15) is 19.3 Å². The molecule has 1 aliphatic rings. The Hall–Kier alpha value is -3.41. The number of nitrogen functional groups attached to an aromatic ring is 1. The zero-order chi connectivity index (χ0) is 18.9. The van der Waals surface area contributed by atoms with Crippen molar-refractivity contribution < 1.29 is 0 Å². The van der Waals surface area contributed by atoms with Crippen molar-refractivity contribution in [3.8, 4) is 16.9 Å². The number of piperidine rings is 1. The average molecular weight is 370 g/mol. The third-order valence-corrected chi connectivity index (χ3v) is 5.24. The largest absolute Gasteiger partial charge is 0.383 e. The molecule has 2 aromatic heterocycles. The summed E-state index contributed by atoms with van der Waals surface area (Å²) in [6.07, 6.45) is 3.60. The lowest BCUT2D eigenvalue weighted by Gasteiger charge is -2.26. The zero-order valence-corrected chi connectivity index (χ0v) is 15.6. The predicted molar refractivity (Wildman–Crippen MR) is 113 cm³/mol. The maximum absolute atomic E-state index is 6.54. The molecule has 0 amide bonds. The molecule has 0 spiro atoms. The average Bonchev–Trinajstić information content (AvgIpc) is 3.11. The molecule has 6 nitrogen and oxygen atoms in total. The lowest BCUT2D eigenvalue weighted by molar-refractivity contribution is 0.569. The molecule has 0 bridgehead atoms. The van der Waals surface area contributed by atoms with Crippen LogP contribution in [0.2, 0.25) is 0 Å². The van der Waals surface area contributed by atoms with E-state index in [1.54, 1.807) is 4.68 Å². The Morgan fingerprint density at radius 3 is 2.18 bits per heavy atom. The minimum absolute atomic E-state index is 0.560. The molecular formula is C22H22N6. The molecule has 0 atom stereocenters. The van der Waals surface area contributed by atoms with Crippen LogP contribution in [-0.4, -0.2) is 32.8 Å². The Labute approximate surface area is 163 Å². The van der Waals surface area contributed by atoms with Crippen LogP contribution in [0.4, 0.5) is 11.8 Å². The number of rotatable bonds is 3. The van der Waals surface area contributed by atoms with Crippen molar-refractivity contribution in [1.82, 2.24) is 19.7 Å². The lowest BCUT2D eigenvalue weighted by Crippen LogP contribution is -2.31. The number of anilines is 2. The van der Waals surface area contributed by atoms with Gasteiger partial charge in [-0.15, -0.1) is 5.10 Å². The van der Waals surface area contributed by atoms with E-state index < -0.39 is 0 Å². The molecule has 3 heterocycles. The quantitative estimate of drug-likeness (QED) is 0.589. The Balaban J connectivity index is 1.75. The van der Waals surface area contributed by atoms with Gasteiger partial charge in [-0.25, -0.2) is 9.67 Å². The van der Waals surface area contributed by atoms with E-state index in [-0.39, 0.29) is 0 Å². The van der Waals surface area contributed by atoms with Crippen LogP contribution in [0.25, 0.3) is 28.0 Å². The highest BCUT2D eigenvalue weighted by Crippen LogP contribution is 2.33. The fraction of sp³-hybridized carbons (Fsp3) is 0.227. The Morgan fingerprint density at radius 1 is 0.786 bits per heavy atom. The fourth-order valence-corrected chi connectivity index (χ4v) is 3.81. The topological polar surface area (TPSA) is 72.9 Å². The van der Waals surface area contributed by atoms with Crippen molar-refractivity contribution in [1.29, 1.82) is 0 Å². The molecule has 0 aliphatic carbocycles. The van der Waals surface area contributed by atoms with Crippen molar-refractivity contribution >= 4 is 22.8 Å². The van der Waals surface area contributed by atoms with Gasteiger partial charge >= 0.3 is 0 Å². The molecular weight excluding hydrogens is 348 g/mol. The summed E-state index contributed by atoms with van der Waals surface area (Å²) in [6, 6.07) is 20.1. The van der Waals surface area contributed by atoms with Crippen LogP contribution in [0.15, 0.2) is 60.7 Å². The van der Waals surface area contributed by atoms with Crippen molar-refractivity contribution in [2.24, 2.45) is 0 Å². The second kappa shape index (κ2) is 6.96. The Morgan fingerprint density at radius 2 is 1.46 bits per heavy atom. The van der Waals surface area contributed by atoms with Crippen LogP contribution in [0, 0.1) is 0 Å². The van der Waals surface area contributed by atoms with Gasteiger partial charge in [0.1, 0.15) is 5.82 Å². The van der Waals surface area contributed by atoms with Gasteiger partial charge in [-0.05, 0) is 31.4 Å². The fourth-order valence-electron chi connectivity index (χ4n) is 3.81. The predicted octanol–water partition coefficient (Wildman–Crippen LogP) is 4.06. The van der Waals surface area contributed by atoms with Gasteiger partial charge in [-0.1, -0.05) is 48.5 Å². The first-order valence-electron chi connectivity index (χ1n) is 9.73. The summed E-state index contributed by atoms with van der Waals surface area (Å²) in [5.74, 6) is 1.30. The van der Waals surface area contributed by atoms with E-state index in [2.05, 4.69) is 17.0 Å². The van der Waals surface area contributed by atoms with Crippen LogP contribution < -0.4 is 10.6 Å². The van der Waals surface area contributed by atoms with E-state index in [9.17, 15) is 0 Å². The number of hydrogen-bond donors (Lipinski definition) is 1. The summed E-state index contributed by atoms with van der Waals surface area (Å²) in [5, 5.41) is 5.54. The van der Waals surface area contributed by atoms with E-state index in [1.807, 2.05) is 48.5 Å². The second-order valence-corrected chi connectivity index (χ2v) is 7.12. The smallest absolute Gasteiger partial charge is 0.228 e. The molecule has 2 aromatic carbocycles. The van der Waals surface area contributed by atoms with Crippen molar-refractivity contribution in [2.45, 2.75) is 19.3 Å². The van der Waals surface area contributed by atoms with Crippen LogP contribution in [-0.2, 0) is 0 Å². The number of benzene rings is 2. The molecule has 0 unspecified atom stereocenters. The van der Waals surface area contributed by atoms with E-state index in [4.69, 9.17) is 20.8 Å². The van der Waals surface area contributed by atoms with Crippen LogP contribution in [0.3, 0.4) is 0 Å². The van der Waals surface area contributed by atoms with Gasteiger partial charge in [0.05, 0.1) is 16.8 Å². The minimum Gasteiger partial charge on any atom is -0.383 e. The lowest BCUT2D eigenvalue weighted by atomic mass is 10.1. The van der Waals surface area contributed by atoms with Crippen LogP contribution in [0.5, 0.6) is 0 Å². The summed E-state index contributed by atoms with van der Waals surface area (Å²) in [6.45, 7) is 1.96. The van der Waals surface area contributed by atoms with E-state index in [1.165, 1.54) is 19.3 Å². The zero-order valence-electron chi connectivity index (χ0n) is 15.6. The number of fused-ring (bicyclic) bond motifs is 1. The third kappa shape index (κ3) is 2.87. The van der Waals surface area contributed by atoms with Crippen molar-refractivity contribution in [2.75, 3.05) is 23.7 Å². The Bertz CT molecular complexity index is 1100. The molecule has 5 rings (SSSR count). The van der Waals surface area contributed by atoms with Gasteiger partial charge < -0.3 is 10.6 Å². The van der Waals surface area contributed by atoms with Gasteiger partial charge in [0.15, 0.2) is 5.65 Å². The molecule has 28 heavy (non-hydrogen) atoms. The summed E-state index contributed by atoms with van der Waals surface area (Å²) in [7, 11) is 0. The summed E-state index contributed by atoms with van der Waals surface area (Å²) < 4.78 is 1.76. The van der Waals surface area contributed by atoms with Gasteiger partial charge in [0.25, 0.3) is 0 Å². The van der Waals surface area contributed by atoms with Crippen LogP contribution >= 0.6 is 0 Å². The molecule has 1 aliphatic heterocycles. The number of aromatic nitrogens is 4. The molecule has 0 radical (unpaired) electrons. The van der Waals surface area contributed by atoms with Gasteiger partial charge in [-0.2, -0.15) is 4.98 Å². The van der Waals surface area contributed by atoms with Gasteiger partial charge in [-0.3, -0.25) is 0 Å². The van der Waals surface area contributed by atoms with Gasteiger partial charge in [0, 0.05) is 18.7 Å². The standard InChI is InChI=1S/C22H22N6/c23-20-18-19(16-10-4-1-5-11-16)24-22(27-14-8-3-9-15-27)25-21(18)26-28(20)17-12-6-2-7-13-17/h1-2,4-7,10-13H,3,8-9,14-15,23H2. The highest BCUT2D eigenvalue weighted by atomic mass is 15.3.